The lowest BCUT2D eigenvalue weighted by atomic mass is 9.99. The van der Waals surface area contributed by atoms with E-state index in [1.54, 1.807) is 4.90 Å². The number of pyridine rings is 1. The lowest BCUT2D eigenvalue weighted by Crippen LogP contribution is -2.32. The van der Waals surface area contributed by atoms with Crippen LogP contribution in [-0.2, 0) is 19.1 Å². The molecule has 1 aliphatic rings. The van der Waals surface area contributed by atoms with Crippen LogP contribution in [-0.4, -0.2) is 38.1 Å². The van der Waals surface area contributed by atoms with Crippen molar-refractivity contribution in [2.24, 2.45) is 5.92 Å². The Labute approximate surface area is 240 Å². The number of benzene rings is 2. The lowest BCUT2D eigenvalue weighted by molar-refractivity contribution is -0.138. The van der Waals surface area contributed by atoms with Gasteiger partial charge in [0.15, 0.2) is 11.6 Å². The maximum atomic E-state index is 15.0. The number of aromatic nitrogens is 5. The Morgan fingerprint density at radius 3 is 2.64 bits per heavy atom. The fraction of sp³-hybridized carbons (Fsp3) is 0.323. The molecular formula is C31H30F4N6O. The van der Waals surface area contributed by atoms with Gasteiger partial charge in [0.05, 0.1) is 29.1 Å². The van der Waals surface area contributed by atoms with Gasteiger partial charge in [0.1, 0.15) is 11.4 Å². The fourth-order valence-corrected chi connectivity index (χ4v) is 5.39. The Balaban J connectivity index is 1.51. The molecule has 42 heavy (non-hydrogen) atoms. The quantitative estimate of drug-likeness (QED) is 0.216. The van der Waals surface area contributed by atoms with Crippen molar-refractivity contribution in [2.45, 2.75) is 46.8 Å². The second kappa shape index (κ2) is 10.5. The molecule has 0 fully saturated rings. The first-order valence-electron chi connectivity index (χ1n) is 13.8. The van der Waals surface area contributed by atoms with Crippen LogP contribution in [0, 0.1) is 25.6 Å². The minimum absolute atomic E-state index is 0.120. The summed E-state index contributed by atoms with van der Waals surface area (Å²) in [6.45, 7) is 9.21. The zero-order chi connectivity index (χ0) is 29.8. The second-order valence-electron chi connectivity index (χ2n) is 11.1. The first-order valence-corrected chi connectivity index (χ1v) is 13.8. The maximum Gasteiger partial charge on any atom is 0.417 e. The molecular weight excluding hydrogens is 548 g/mol. The predicted molar refractivity (Wildman–Crippen MR) is 152 cm³/mol. The molecule has 2 aromatic carbocycles. The van der Waals surface area contributed by atoms with Gasteiger partial charge in [0.2, 0.25) is 0 Å². The van der Waals surface area contributed by atoms with E-state index in [0.717, 1.165) is 50.4 Å². The number of fused-ring (bicyclic) bond motifs is 2. The van der Waals surface area contributed by atoms with Crippen LogP contribution in [0.3, 0.4) is 0 Å². The molecule has 0 saturated heterocycles. The summed E-state index contributed by atoms with van der Waals surface area (Å²) >= 11 is 0. The highest BCUT2D eigenvalue weighted by Crippen LogP contribution is 2.39. The number of hydrogen-bond donors (Lipinski definition) is 1. The van der Waals surface area contributed by atoms with Gasteiger partial charge in [-0.25, -0.2) is 14.1 Å². The Morgan fingerprint density at radius 1 is 1.10 bits per heavy atom. The van der Waals surface area contributed by atoms with Crippen molar-refractivity contribution in [3.63, 3.8) is 0 Å². The number of ether oxygens (including phenoxy) is 1. The van der Waals surface area contributed by atoms with Crippen molar-refractivity contribution in [2.75, 3.05) is 18.1 Å². The fourth-order valence-electron chi connectivity index (χ4n) is 5.39. The Bertz CT molecular complexity index is 1790. The van der Waals surface area contributed by atoms with Gasteiger partial charge in [0.25, 0.3) is 0 Å². The van der Waals surface area contributed by atoms with Crippen molar-refractivity contribution in [3.05, 3.63) is 82.6 Å². The number of alkyl halides is 3. The van der Waals surface area contributed by atoms with Crippen molar-refractivity contribution in [1.29, 1.82) is 0 Å². The largest absolute Gasteiger partial charge is 0.491 e. The zero-order valence-electron chi connectivity index (χ0n) is 23.7. The van der Waals surface area contributed by atoms with Gasteiger partial charge in [-0.1, -0.05) is 32.0 Å². The average Bonchev–Trinajstić information content (AvgIpc) is 3.50. The minimum Gasteiger partial charge on any atom is -0.491 e. The van der Waals surface area contributed by atoms with E-state index >= 15 is 4.39 Å². The van der Waals surface area contributed by atoms with Crippen molar-refractivity contribution >= 4 is 16.7 Å². The van der Waals surface area contributed by atoms with E-state index in [-0.39, 0.29) is 12.4 Å². The summed E-state index contributed by atoms with van der Waals surface area (Å²) in [4.78, 5) is 5.56. The minimum atomic E-state index is -4.68. The highest BCUT2D eigenvalue weighted by molar-refractivity contribution is 5.87. The second-order valence-corrected chi connectivity index (χ2v) is 11.1. The molecule has 0 aliphatic carbocycles. The molecule has 0 bridgehead atoms. The monoisotopic (exact) mass is 578 g/mol. The first-order chi connectivity index (χ1) is 20.0. The molecule has 0 amide bonds. The molecule has 7 nitrogen and oxygen atoms in total. The van der Waals surface area contributed by atoms with Gasteiger partial charge < -0.3 is 9.64 Å². The lowest BCUT2D eigenvalue weighted by Gasteiger charge is -2.28. The molecule has 0 saturated carbocycles. The Kier molecular flexibility index (Phi) is 6.90. The topological polar surface area (TPSA) is 71.9 Å². The average molecular weight is 579 g/mol. The number of hydrogen-bond acceptors (Lipinski definition) is 5. The van der Waals surface area contributed by atoms with Crippen LogP contribution in [0.15, 0.2) is 48.7 Å². The van der Waals surface area contributed by atoms with E-state index in [0.29, 0.717) is 43.5 Å². The number of aromatic amines is 1. The third-order valence-corrected chi connectivity index (χ3v) is 7.49. The van der Waals surface area contributed by atoms with Crippen molar-refractivity contribution in [1.82, 2.24) is 25.0 Å². The number of para-hydroxylation sites is 1. The summed E-state index contributed by atoms with van der Waals surface area (Å²) in [7, 11) is 0. The third-order valence-electron chi connectivity index (χ3n) is 7.49. The van der Waals surface area contributed by atoms with Crippen molar-refractivity contribution < 1.29 is 22.3 Å². The van der Waals surface area contributed by atoms with Crippen LogP contribution in [0.4, 0.5) is 23.4 Å². The highest BCUT2D eigenvalue weighted by atomic mass is 19.4. The zero-order valence-corrected chi connectivity index (χ0v) is 23.7. The van der Waals surface area contributed by atoms with E-state index < -0.39 is 17.6 Å². The first kappa shape index (κ1) is 27.7. The standard InChI is InChI=1S/C31H30F4N6O/c1-17(2)16-42-27-7-5-6-18(3)28(27)41-29(20-8-9-25-22(12-20)19(4)37-38-25)23-15-40(11-10-26(23)39-41)30-24(32)13-21(14-36-30)31(33,34)35/h5-9,12-14,17H,10-11,15-16H2,1-4H3,(H,37,38). The molecule has 1 N–H and O–H groups in total. The summed E-state index contributed by atoms with van der Waals surface area (Å²) in [5.74, 6) is -0.126. The van der Waals surface area contributed by atoms with Crippen LogP contribution < -0.4 is 9.64 Å². The Hall–Kier alpha value is -4.41. The summed E-state index contributed by atoms with van der Waals surface area (Å²) in [5.41, 5.74) is 5.74. The molecule has 0 atom stereocenters. The summed E-state index contributed by atoms with van der Waals surface area (Å²) in [6.07, 6.45) is -3.54. The molecule has 6 rings (SSSR count). The van der Waals surface area contributed by atoms with Gasteiger partial charge in [0, 0.05) is 47.9 Å². The van der Waals surface area contributed by atoms with E-state index in [1.807, 2.05) is 54.9 Å². The third kappa shape index (κ3) is 4.97. The van der Waals surface area contributed by atoms with E-state index in [2.05, 4.69) is 29.0 Å². The highest BCUT2D eigenvalue weighted by Gasteiger charge is 2.34. The number of rotatable bonds is 6. The number of H-pyrrole nitrogens is 1. The van der Waals surface area contributed by atoms with E-state index in [1.165, 1.54) is 0 Å². The molecule has 5 aromatic rings. The number of anilines is 1. The van der Waals surface area contributed by atoms with Gasteiger partial charge in [-0.2, -0.15) is 23.4 Å². The SMILES string of the molecule is Cc1cccc(OCC(C)C)c1-n1nc2c(c1-c1ccc3n[nH]c(C)c3c1)CN(c1ncc(C(F)(F)F)cc1F)CC2. The molecule has 0 spiro atoms. The van der Waals surface area contributed by atoms with Crippen LogP contribution in [0.25, 0.3) is 27.8 Å². The number of nitrogens with zero attached hydrogens (tertiary/aromatic N) is 5. The molecule has 0 unspecified atom stereocenters. The number of halogens is 4. The van der Waals surface area contributed by atoms with Crippen molar-refractivity contribution in [3.8, 4) is 22.7 Å². The number of aryl methyl sites for hydroxylation is 2. The molecule has 4 heterocycles. The summed E-state index contributed by atoms with van der Waals surface area (Å²) in [5, 5.41) is 13.4. The molecule has 218 valence electrons. The predicted octanol–water partition coefficient (Wildman–Crippen LogP) is 7.18. The smallest absolute Gasteiger partial charge is 0.417 e. The van der Waals surface area contributed by atoms with E-state index in [9.17, 15) is 13.2 Å². The summed E-state index contributed by atoms with van der Waals surface area (Å²) < 4.78 is 62.7. The molecule has 11 heteroatoms. The Morgan fingerprint density at radius 2 is 1.90 bits per heavy atom. The van der Waals surface area contributed by atoms with Crippen LogP contribution >= 0.6 is 0 Å². The molecule has 3 aromatic heterocycles. The normalized spacial score (nSPS) is 13.7. The maximum absolute atomic E-state index is 15.0. The molecule has 0 radical (unpaired) electrons. The van der Waals surface area contributed by atoms with Gasteiger partial charge in [-0.3, -0.25) is 5.10 Å². The summed E-state index contributed by atoms with van der Waals surface area (Å²) in [6, 6.07) is 12.3. The molecule has 1 aliphatic heterocycles. The van der Waals surface area contributed by atoms with Crippen LogP contribution in [0.1, 0.15) is 41.9 Å². The van der Waals surface area contributed by atoms with Crippen LogP contribution in [0.2, 0.25) is 0 Å². The van der Waals surface area contributed by atoms with E-state index in [4.69, 9.17) is 9.84 Å². The van der Waals surface area contributed by atoms with Gasteiger partial charge in [-0.05, 0) is 49.6 Å². The van der Waals surface area contributed by atoms with Gasteiger partial charge >= 0.3 is 6.18 Å². The number of nitrogens with one attached hydrogen (secondary N) is 1. The van der Waals surface area contributed by atoms with Crippen LogP contribution in [0.5, 0.6) is 5.75 Å². The van der Waals surface area contributed by atoms with Gasteiger partial charge in [-0.15, -0.1) is 0 Å².